The van der Waals surface area contributed by atoms with Gasteiger partial charge in [0.25, 0.3) is 0 Å². The van der Waals surface area contributed by atoms with E-state index in [2.05, 4.69) is 30.1 Å². The fraction of sp³-hybridized carbons (Fsp3) is 0.176. The maximum absolute atomic E-state index is 5.42. The van der Waals surface area contributed by atoms with Crippen LogP contribution in [0.2, 0.25) is 0 Å². The molecule has 0 heterocycles. The summed E-state index contributed by atoms with van der Waals surface area (Å²) in [5.41, 5.74) is 3.50. The van der Waals surface area contributed by atoms with Gasteiger partial charge in [0, 0.05) is 6.54 Å². The lowest BCUT2D eigenvalue weighted by Crippen LogP contribution is -2.04. The number of para-hydroxylation sites is 1. The van der Waals surface area contributed by atoms with Crippen molar-refractivity contribution in [3.63, 3.8) is 0 Å². The van der Waals surface area contributed by atoms with Crippen molar-refractivity contribution in [2.75, 3.05) is 12.4 Å². The zero-order valence-electron chi connectivity index (χ0n) is 11.2. The highest BCUT2D eigenvalue weighted by atomic mass is 16.5. The van der Waals surface area contributed by atoms with Crippen molar-refractivity contribution in [3.05, 3.63) is 72.3 Å². The SMILES string of the molecule is C=CCc1cccc(OC)c1NCc1ccccc1. The summed E-state index contributed by atoms with van der Waals surface area (Å²) in [6, 6.07) is 16.4. The van der Waals surface area contributed by atoms with Gasteiger partial charge in [0.15, 0.2) is 0 Å². The third-order valence-corrected chi connectivity index (χ3v) is 3.01. The number of benzene rings is 2. The lowest BCUT2D eigenvalue weighted by atomic mass is 10.1. The van der Waals surface area contributed by atoms with Crippen LogP contribution in [0.4, 0.5) is 5.69 Å². The van der Waals surface area contributed by atoms with E-state index in [9.17, 15) is 0 Å². The number of nitrogens with one attached hydrogen (secondary N) is 1. The van der Waals surface area contributed by atoms with Gasteiger partial charge in [-0.3, -0.25) is 0 Å². The maximum atomic E-state index is 5.42. The van der Waals surface area contributed by atoms with Crippen molar-refractivity contribution in [3.8, 4) is 5.75 Å². The van der Waals surface area contributed by atoms with Gasteiger partial charge in [0.05, 0.1) is 12.8 Å². The van der Waals surface area contributed by atoms with Crippen molar-refractivity contribution in [2.45, 2.75) is 13.0 Å². The molecule has 0 amide bonds. The predicted molar refractivity (Wildman–Crippen MR) is 80.7 cm³/mol. The Morgan fingerprint density at radius 2 is 1.89 bits per heavy atom. The minimum atomic E-state index is 0.783. The monoisotopic (exact) mass is 253 g/mol. The number of ether oxygens (including phenoxy) is 1. The van der Waals surface area contributed by atoms with Crippen molar-refractivity contribution in [1.29, 1.82) is 0 Å². The van der Waals surface area contributed by atoms with E-state index in [0.717, 1.165) is 24.4 Å². The van der Waals surface area contributed by atoms with E-state index in [1.165, 1.54) is 11.1 Å². The van der Waals surface area contributed by atoms with Gasteiger partial charge in [-0.25, -0.2) is 0 Å². The van der Waals surface area contributed by atoms with E-state index in [4.69, 9.17) is 4.74 Å². The van der Waals surface area contributed by atoms with Gasteiger partial charge in [-0.05, 0) is 23.6 Å². The molecular formula is C17H19NO. The lowest BCUT2D eigenvalue weighted by Gasteiger charge is -2.15. The molecule has 98 valence electrons. The van der Waals surface area contributed by atoms with Crippen LogP contribution in [0.5, 0.6) is 5.75 Å². The van der Waals surface area contributed by atoms with Gasteiger partial charge in [-0.2, -0.15) is 0 Å². The third kappa shape index (κ3) is 3.38. The van der Waals surface area contributed by atoms with Crippen LogP contribution >= 0.6 is 0 Å². The summed E-state index contributed by atoms with van der Waals surface area (Å²) in [5, 5.41) is 3.46. The second kappa shape index (κ2) is 6.64. The van der Waals surface area contributed by atoms with Gasteiger partial charge in [-0.15, -0.1) is 6.58 Å². The molecule has 0 saturated heterocycles. The molecule has 2 aromatic carbocycles. The van der Waals surface area contributed by atoms with Crippen molar-refractivity contribution >= 4 is 5.69 Å². The van der Waals surface area contributed by atoms with E-state index < -0.39 is 0 Å². The molecule has 0 aliphatic rings. The zero-order chi connectivity index (χ0) is 13.5. The molecule has 19 heavy (non-hydrogen) atoms. The molecule has 2 rings (SSSR count). The van der Waals surface area contributed by atoms with E-state index in [-0.39, 0.29) is 0 Å². The molecule has 2 nitrogen and oxygen atoms in total. The van der Waals surface area contributed by atoms with E-state index in [1.807, 2.05) is 36.4 Å². The Morgan fingerprint density at radius 3 is 2.58 bits per heavy atom. The Morgan fingerprint density at radius 1 is 1.11 bits per heavy atom. The first-order valence-electron chi connectivity index (χ1n) is 6.39. The molecule has 1 N–H and O–H groups in total. The average molecular weight is 253 g/mol. The first-order valence-corrected chi connectivity index (χ1v) is 6.39. The summed E-state index contributed by atoms with van der Waals surface area (Å²) >= 11 is 0. The van der Waals surface area contributed by atoms with Crippen LogP contribution in [0.15, 0.2) is 61.2 Å². The van der Waals surface area contributed by atoms with Crippen LogP contribution in [-0.2, 0) is 13.0 Å². The topological polar surface area (TPSA) is 21.3 Å². The zero-order valence-corrected chi connectivity index (χ0v) is 11.2. The van der Waals surface area contributed by atoms with Crippen LogP contribution < -0.4 is 10.1 Å². The standard InChI is InChI=1S/C17H19NO/c1-3-8-15-11-7-12-16(19-2)17(15)18-13-14-9-5-4-6-10-14/h3-7,9-12,18H,1,8,13H2,2H3. The first-order chi connectivity index (χ1) is 9.35. The molecular weight excluding hydrogens is 234 g/mol. The number of allylic oxidation sites excluding steroid dienone is 1. The van der Waals surface area contributed by atoms with E-state index in [1.54, 1.807) is 7.11 Å². The normalized spacial score (nSPS) is 9.95. The number of anilines is 1. The highest BCUT2D eigenvalue weighted by molar-refractivity contribution is 5.62. The minimum Gasteiger partial charge on any atom is -0.495 e. The Balaban J connectivity index is 2.20. The Hall–Kier alpha value is -2.22. The first kappa shape index (κ1) is 13.2. The van der Waals surface area contributed by atoms with Crippen LogP contribution in [-0.4, -0.2) is 7.11 Å². The molecule has 0 atom stereocenters. The van der Waals surface area contributed by atoms with Crippen LogP contribution in [0, 0.1) is 0 Å². The maximum Gasteiger partial charge on any atom is 0.142 e. The third-order valence-electron chi connectivity index (χ3n) is 3.01. The molecule has 0 spiro atoms. The summed E-state index contributed by atoms with van der Waals surface area (Å²) in [5.74, 6) is 0.871. The molecule has 0 aromatic heterocycles. The smallest absolute Gasteiger partial charge is 0.142 e. The summed E-state index contributed by atoms with van der Waals surface area (Å²) < 4.78 is 5.42. The second-order valence-electron chi connectivity index (χ2n) is 4.33. The van der Waals surface area contributed by atoms with Gasteiger partial charge in [-0.1, -0.05) is 48.5 Å². The largest absolute Gasteiger partial charge is 0.495 e. The predicted octanol–water partition coefficient (Wildman–Crippen LogP) is 4.04. The number of rotatable bonds is 6. The number of hydrogen-bond acceptors (Lipinski definition) is 2. The van der Waals surface area contributed by atoms with Gasteiger partial charge in [0.1, 0.15) is 5.75 Å². The van der Waals surface area contributed by atoms with Crippen LogP contribution in [0.3, 0.4) is 0 Å². The summed E-state index contributed by atoms with van der Waals surface area (Å²) in [6.45, 7) is 4.59. The number of methoxy groups -OCH3 is 1. The molecule has 0 saturated carbocycles. The summed E-state index contributed by atoms with van der Waals surface area (Å²) in [7, 11) is 1.70. The van der Waals surface area contributed by atoms with Crippen molar-refractivity contribution < 1.29 is 4.74 Å². The fourth-order valence-electron chi connectivity index (χ4n) is 2.06. The van der Waals surface area contributed by atoms with Crippen LogP contribution in [0.25, 0.3) is 0 Å². The van der Waals surface area contributed by atoms with Crippen LogP contribution in [0.1, 0.15) is 11.1 Å². The quantitative estimate of drug-likeness (QED) is 0.785. The van der Waals surface area contributed by atoms with Gasteiger partial charge >= 0.3 is 0 Å². The summed E-state index contributed by atoms with van der Waals surface area (Å²) in [6.07, 6.45) is 2.73. The Bertz CT molecular complexity index is 534. The summed E-state index contributed by atoms with van der Waals surface area (Å²) in [4.78, 5) is 0. The van der Waals surface area contributed by atoms with E-state index in [0.29, 0.717) is 0 Å². The molecule has 0 aliphatic carbocycles. The Kier molecular flexibility index (Phi) is 4.62. The second-order valence-corrected chi connectivity index (χ2v) is 4.33. The fourth-order valence-corrected chi connectivity index (χ4v) is 2.06. The van der Waals surface area contributed by atoms with Gasteiger partial charge in [0.2, 0.25) is 0 Å². The van der Waals surface area contributed by atoms with Gasteiger partial charge < -0.3 is 10.1 Å². The molecule has 0 bridgehead atoms. The van der Waals surface area contributed by atoms with Crippen molar-refractivity contribution in [2.24, 2.45) is 0 Å². The highest BCUT2D eigenvalue weighted by Crippen LogP contribution is 2.29. The molecule has 0 aliphatic heterocycles. The molecule has 2 aromatic rings. The van der Waals surface area contributed by atoms with Crippen molar-refractivity contribution in [1.82, 2.24) is 0 Å². The molecule has 0 radical (unpaired) electrons. The average Bonchev–Trinajstić information content (AvgIpc) is 2.47. The Labute approximate surface area is 114 Å². The lowest BCUT2D eigenvalue weighted by molar-refractivity contribution is 0.416. The minimum absolute atomic E-state index is 0.783. The van der Waals surface area contributed by atoms with E-state index >= 15 is 0 Å². The molecule has 0 unspecified atom stereocenters. The molecule has 0 fully saturated rings. The highest BCUT2D eigenvalue weighted by Gasteiger charge is 2.07. The number of hydrogen-bond donors (Lipinski definition) is 1. The molecule has 2 heteroatoms.